The number of carbonyl (C=O) groups is 1. The minimum Gasteiger partial charge on any atom is -0.480 e. The van der Waals surface area contributed by atoms with Gasteiger partial charge in [-0.3, -0.25) is 14.8 Å². The Bertz CT molecular complexity index is 434. The number of nitrogens with zero attached hydrogens (tertiary/aromatic N) is 2. The van der Waals surface area contributed by atoms with Crippen molar-refractivity contribution >= 4 is 5.97 Å². The zero-order chi connectivity index (χ0) is 13.9. The standard InChI is InChI=1S/C14H23N3O2/c1-14(2,13(18)19)15-10-11-8-9-17(16-11)12-6-4-3-5-7-12/h8-9,12,15H,3-7,10H2,1-2H3,(H,18,19). The van der Waals surface area contributed by atoms with Gasteiger partial charge in [-0.15, -0.1) is 0 Å². The number of aliphatic carboxylic acids is 1. The smallest absolute Gasteiger partial charge is 0.323 e. The average molecular weight is 265 g/mol. The van der Waals surface area contributed by atoms with E-state index in [4.69, 9.17) is 5.11 Å². The van der Waals surface area contributed by atoms with Crippen molar-refractivity contribution in [3.8, 4) is 0 Å². The first-order chi connectivity index (χ1) is 8.99. The molecule has 0 amide bonds. The number of hydrogen-bond donors (Lipinski definition) is 2. The number of hydrogen-bond acceptors (Lipinski definition) is 3. The highest BCUT2D eigenvalue weighted by Gasteiger charge is 2.26. The minimum absolute atomic E-state index is 0.485. The van der Waals surface area contributed by atoms with Crippen molar-refractivity contribution in [3.05, 3.63) is 18.0 Å². The SMILES string of the molecule is CC(C)(NCc1ccn(C2CCCCC2)n1)C(=O)O. The normalized spacial score (nSPS) is 17.6. The molecule has 2 rings (SSSR count). The maximum Gasteiger partial charge on any atom is 0.323 e. The Kier molecular flexibility index (Phi) is 4.24. The number of nitrogens with one attached hydrogen (secondary N) is 1. The van der Waals surface area contributed by atoms with Gasteiger partial charge < -0.3 is 5.11 Å². The second-order valence-electron chi connectivity index (χ2n) is 5.86. The number of carboxylic acid groups (broad SMARTS) is 1. The fourth-order valence-corrected chi connectivity index (χ4v) is 2.41. The van der Waals surface area contributed by atoms with Crippen molar-refractivity contribution in [2.75, 3.05) is 0 Å². The average Bonchev–Trinajstić information content (AvgIpc) is 2.86. The van der Waals surface area contributed by atoms with Gasteiger partial charge in [0.05, 0.1) is 11.7 Å². The summed E-state index contributed by atoms with van der Waals surface area (Å²) in [5.41, 5.74) is -0.0193. The molecule has 19 heavy (non-hydrogen) atoms. The summed E-state index contributed by atoms with van der Waals surface area (Å²) in [4.78, 5) is 11.0. The van der Waals surface area contributed by atoms with Crippen LogP contribution in [0.4, 0.5) is 0 Å². The molecule has 0 atom stereocenters. The molecule has 1 aromatic heterocycles. The summed E-state index contributed by atoms with van der Waals surface area (Å²) >= 11 is 0. The molecule has 2 N–H and O–H groups in total. The Morgan fingerprint density at radius 1 is 1.47 bits per heavy atom. The monoisotopic (exact) mass is 265 g/mol. The molecular weight excluding hydrogens is 242 g/mol. The molecule has 0 aliphatic heterocycles. The van der Waals surface area contributed by atoms with Crippen LogP contribution in [-0.2, 0) is 11.3 Å². The van der Waals surface area contributed by atoms with Crippen LogP contribution in [0.3, 0.4) is 0 Å². The van der Waals surface area contributed by atoms with Gasteiger partial charge in [-0.05, 0) is 32.8 Å². The molecule has 0 bridgehead atoms. The van der Waals surface area contributed by atoms with Crippen LogP contribution >= 0.6 is 0 Å². The van der Waals surface area contributed by atoms with Crippen molar-refractivity contribution in [2.24, 2.45) is 0 Å². The van der Waals surface area contributed by atoms with E-state index in [-0.39, 0.29) is 0 Å². The van der Waals surface area contributed by atoms with E-state index in [9.17, 15) is 4.79 Å². The van der Waals surface area contributed by atoms with E-state index >= 15 is 0 Å². The predicted octanol–water partition coefficient (Wildman–Crippen LogP) is 2.34. The van der Waals surface area contributed by atoms with E-state index in [0.717, 1.165) is 5.69 Å². The molecular formula is C14H23N3O2. The van der Waals surface area contributed by atoms with E-state index in [0.29, 0.717) is 12.6 Å². The predicted molar refractivity (Wildman–Crippen MR) is 72.9 cm³/mol. The Morgan fingerprint density at radius 2 is 2.16 bits per heavy atom. The molecule has 0 saturated heterocycles. The van der Waals surface area contributed by atoms with Crippen LogP contribution in [-0.4, -0.2) is 26.4 Å². The van der Waals surface area contributed by atoms with Crippen LogP contribution in [0.1, 0.15) is 57.7 Å². The second kappa shape index (κ2) is 5.74. The van der Waals surface area contributed by atoms with Gasteiger partial charge in [0.15, 0.2) is 0 Å². The summed E-state index contributed by atoms with van der Waals surface area (Å²) in [6, 6.07) is 2.49. The summed E-state index contributed by atoms with van der Waals surface area (Å²) in [6.45, 7) is 3.81. The van der Waals surface area contributed by atoms with Crippen LogP contribution in [0.5, 0.6) is 0 Å². The van der Waals surface area contributed by atoms with Gasteiger partial charge in [0.1, 0.15) is 5.54 Å². The van der Waals surface area contributed by atoms with Gasteiger partial charge in [0.2, 0.25) is 0 Å². The van der Waals surface area contributed by atoms with E-state index in [1.807, 2.05) is 16.9 Å². The molecule has 1 aliphatic carbocycles. The topological polar surface area (TPSA) is 67.2 Å². The third kappa shape index (κ3) is 3.56. The lowest BCUT2D eigenvalue weighted by molar-refractivity contribution is -0.143. The van der Waals surface area contributed by atoms with Crippen molar-refractivity contribution in [3.63, 3.8) is 0 Å². The van der Waals surface area contributed by atoms with Gasteiger partial charge in [-0.2, -0.15) is 5.10 Å². The molecule has 1 aliphatic rings. The second-order valence-corrected chi connectivity index (χ2v) is 5.86. The fourth-order valence-electron chi connectivity index (χ4n) is 2.41. The first-order valence-corrected chi connectivity index (χ1v) is 7.01. The molecule has 0 spiro atoms. The third-order valence-electron chi connectivity index (χ3n) is 3.86. The van der Waals surface area contributed by atoms with Crippen molar-refractivity contribution in [1.82, 2.24) is 15.1 Å². The summed E-state index contributed by atoms with van der Waals surface area (Å²) in [7, 11) is 0. The van der Waals surface area contributed by atoms with Crippen molar-refractivity contribution in [2.45, 2.75) is 64.1 Å². The van der Waals surface area contributed by atoms with Crippen LogP contribution in [0.25, 0.3) is 0 Å². The van der Waals surface area contributed by atoms with Gasteiger partial charge in [0, 0.05) is 12.7 Å². The summed E-state index contributed by atoms with van der Waals surface area (Å²) in [5, 5.41) is 16.6. The van der Waals surface area contributed by atoms with E-state index in [2.05, 4.69) is 10.4 Å². The Hall–Kier alpha value is -1.36. The number of carboxylic acids is 1. The first kappa shape index (κ1) is 14.1. The summed E-state index contributed by atoms with van der Waals surface area (Å²) < 4.78 is 2.05. The lowest BCUT2D eigenvalue weighted by Crippen LogP contribution is -2.46. The first-order valence-electron chi connectivity index (χ1n) is 7.01. The summed E-state index contributed by atoms with van der Waals surface area (Å²) in [6.07, 6.45) is 8.32. The Balaban J connectivity index is 1.92. The van der Waals surface area contributed by atoms with Crippen LogP contribution in [0.2, 0.25) is 0 Å². The molecule has 0 unspecified atom stereocenters. The molecule has 5 heteroatoms. The van der Waals surface area contributed by atoms with Gasteiger partial charge in [-0.25, -0.2) is 0 Å². The van der Waals surface area contributed by atoms with Crippen molar-refractivity contribution < 1.29 is 9.90 Å². The highest BCUT2D eigenvalue weighted by Crippen LogP contribution is 2.27. The molecule has 1 heterocycles. The highest BCUT2D eigenvalue weighted by molar-refractivity contribution is 5.77. The number of rotatable bonds is 5. The number of aromatic nitrogens is 2. The lowest BCUT2D eigenvalue weighted by Gasteiger charge is -2.22. The molecule has 1 aromatic rings. The maximum atomic E-state index is 11.0. The quantitative estimate of drug-likeness (QED) is 0.857. The van der Waals surface area contributed by atoms with Crippen LogP contribution in [0.15, 0.2) is 12.3 Å². The van der Waals surface area contributed by atoms with Crippen molar-refractivity contribution in [1.29, 1.82) is 0 Å². The lowest BCUT2D eigenvalue weighted by atomic mass is 9.96. The Labute approximate surface area is 114 Å². The molecule has 0 aromatic carbocycles. The third-order valence-corrected chi connectivity index (χ3v) is 3.86. The molecule has 1 fully saturated rings. The zero-order valence-corrected chi connectivity index (χ0v) is 11.7. The largest absolute Gasteiger partial charge is 0.480 e. The van der Waals surface area contributed by atoms with E-state index in [1.54, 1.807) is 13.8 Å². The fraction of sp³-hybridized carbons (Fsp3) is 0.714. The van der Waals surface area contributed by atoms with Gasteiger partial charge in [-0.1, -0.05) is 19.3 Å². The van der Waals surface area contributed by atoms with Crippen LogP contribution < -0.4 is 5.32 Å². The minimum atomic E-state index is -0.922. The van der Waals surface area contributed by atoms with Gasteiger partial charge >= 0.3 is 5.97 Å². The molecule has 1 saturated carbocycles. The molecule has 0 radical (unpaired) electrons. The van der Waals surface area contributed by atoms with Gasteiger partial charge in [0.25, 0.3) is 0 Å². The van der Waals surface area contributed by atoms with E-state index < -0.39 is 11.5 Å². The van der Waals surface area contributed by atoms with E-state index in [1.165, 1.54) is 32.1 Å². The highest BCUT2D eigenvalue weighted by atomic mass is 16.4. The Morgan fingerprint density at radius 3 is 2.79 bits per heavy atom. The van der Waals surface area contributed by atoms with Crippen LogP contribution in [0, 0.1) is 0 Å². The zero-order valence-electron chi connectivity index (χ0n) is 11.7. The molecule has 106 valence electrons. The summed E-state index contributed by atoms with van der Waals surface area (Å²) in [5.74, 6) is -0.848. The molecule has 5 nitrogen and oxygen atoms in total. The maximum absolute atomic E-state index is 11.0.